The maximum absolute atomic E-state index is 12.6. The summed E-state index contributed by atoms with van der Waals surface area (Å²) in [6, 6.07) is 5.19. The van der Waals surface area contributed by atoms with Gasteiger partial charge in [0, 0.05) is 30.8 Å². The van der Waals surface area contributed by atoms with Crippen molar-refractivity contribution in [2.24, 2.45) is 0 Å². The molecule has 2 fully saturated rings. The van der Waals surface area contributed by atoms with Crippen LogP contribution in [-0.2, 0) is 9.47 Å². The first kappa shape index (κ1) is 16.9. The smallest absolute Gasteiger partial charge is 0.322 e. The number of carbonyl (C=O) groups is 2. The molecule has 1 aromatic rings. The molecular weight excluding hydrogens is 308 g/mol. The number of benzene rings is 1. The fourth-order valence-electron chi connectivity index (χ4n) is 3.52. The number of hydrogen-bond donors (Lipinski definition) is 1. The molecule has 2 aliphatic heterocycles. The summed E-state index contributed by atoms with van der Waals surface area (Å²) in [5, 5.41) is 2.92. The Morgan fingerprint density at radius 1 is 1.38 bits per heavy atom. The summed E-state index contributed by atoms with van der Waals surface area (Å²) < 4.78 is 11.5. The minimum Gasteiger partial charge on any atom is -0.378 e. The third-order valence-corrected chi connectivity index (χ3v) is 4.62. The number of rotatable bonds is 2. The van der Waals surface area contributed by atoms with Gasteiger partial charge in [-0.05, 0) is 44.5 Å². The van der Waals surface area contributed by atoms with Crippen LogP contribution in [0.1, 0.15) is 36.2 Å². The Hall–Kier alpha value is -1.92. The average molecular weight is 332 g/mol. The van der Waals surface area contributed by atoms with Crippen LogP contribution in [0.5, 0.6) is 0 Å². The molecule has 1 aromatic carbocycles. The molecule has 3 rings (SSSR count). The fraction of sp³-hybridized carbons (Fsp3) is 0.556. The third kappa shape index (κ3) is 3.44. The van der Waals surface area contributed by atoms with Crippen molar-refractivity contribution in [1.82, 2.24) is 4.90 Å². The van der Waals surface area contributed by atoms with Gasteiger partial charge in [0.2, 0.25) is 0 Å². The highest BCUT2D eigenvalue weighted by Crippen LogP contribution is 2.30. The Kier molecular flexibility index (Phi) is 4.60. The van der Waals surface area contributed by atoms with Crippen molar-refractivity contribution in [1.29, 1.82) is 0 Å². The first-order chi connectivity index (χ1) is 11.4. The quantitative estimate of drug-likeness (QED) is 0.845. The maximum Gasteiger partial charge on any atom is 0.322 e. The van der Waals surface area contributed by atoms with Gasteiger partial charge in [-0.25, -0.2) is 4.79 Å². The lowest BCUT2D eigenvalue weighted by atomic mass is 9.99. The maximum atomic E-state index is 12.6. The molecule has 1 N–H and O–H groups in total. The SMILES string of the molecule is CC(=O)c1ccc(NC(=O)N2C[C@H](C)O[C@@]3(CCOC3)C2)cc1C. The van der Waals surface area contributed by atoms with Gasteiger partial charge in [-0.1, -0.05) is 0 Å². The van der Waals surface area contributed by atoms with Gasteiger partial charge in [0.25, 0.3) is 0 Å². The second kappa shape index (κ2) is 6.53. The molecule has 0 saturated carbocycles. The van der Waals surface area contributed by atoms with E-state index >= 15 is 0 Å². The number of nitrogens with one attached hydrogen (secondary N) is 1. The van der Waals surface area contributed by atoms with Crippen LogP contribution in [0.4, 0.5) is 10.5 Å². The lowest BCUT2D eigenvalue weighted by Crippen LogP contribution is -2.57. The van der Waals surface area contributed by atoms with Gasteiger partial charge < -0.3 is 19.7 Å². The van der Waals surface area contributed by atoms with Gasteiger partial charge >= 0.3 is 6.03 Å². The van der Waals surface area contributed by atoms with Crippen molar-refractivity contribution in [2.75, 3.05) is 31.6 Å². The molecule has 2 heterocycles. The van der Waals surface area contributed by atoms with Crippen LogP contribution in [0.3, 0.4) is 0 Å². The van der Waals surface area contributed by atoms with E-state index in [4.69, 9.17) is 9.47 Å². The van der Waals surface area contributed by atoms with Crippen molar-refractivity contribution >= 4 is 17.5 Å². The Morgan fingerprint density at radius 2 is 2.17 bits per heavy atom. The molecule has 0 aliphatic carbocycles. The van der Waals surface area contributed by atoms with Crippen LogP contribution in [0, 0.1) is 6.92 Å². The number of nitrogens with zero attached hydrogens (tertiary/aromatic N) is 1. The number of ketones is 1. The number of Topliss-reactive ketones (excluding diaryl/α,β-unsaturated/α-hetero) is 1. The topological polar surface area (TPSA) is 67.9 Å². The van der Waals surface area contributed by atoms with Gasteiger partial charge in [-0.3, -0.25) is 4.79 Å². The van der Waals surface area contributed by atoms with Gasteiger partial charge in [-0.2, -0.15) is 0 Å². The zero-order chi connectivity index (χ0) is 17.3. The summed E-state index contributed by atoms with van der Waals surface area (Å²) in [4.78, 5) is 25.9. The van der Waals surface area contributed by atoms with Gasteiger partial charge in [-0.15, -0.1) is 0 Å². The second-order valence-electron chi connectivity index (χ2n) is 6.81. The Balaban J connectivity index is 1.70. The van der Waals surface area contributed by atoms with E-state index < -0.39 is 0 Å². The standard InChI is InChI=1S/C18H24N2O4/c1-12-8-15(4-5-16(12)14(3)21)19-17(22)20-9-13(2)24-18(10-20)6-7-23-11-18/h4-5,8,13H,6-7,9-11H2,1-3H3,(H,19,22)/t13-,18-/m0/s1. The summed E-state index contributed by atoms with van der Waals surface area (Å²) >= 11 is 0. The first-order valence-corrected chi connectivity index (χ1v) is 8.32. The summed E-state index contributed by atoms with van der Waals surface area (Å²) in [6.07, 6.45) is 0.793. The van der Waals surface area contributed by atoms with Crippen molar-refractivity contribution in [3.05, 3.63) is 29.3 Å². The number of urea groups is 1. The lowest BCUT2D eigenvalue weighted by Gasteiger charge is -2.42. The van der Waals surface area contributed by atoms with E-state index in [0.29, 0.717) is 37.6 Å². The highest BCUT2D eigenvalue weighted by atomic mass is 16.6. The summed E-state index contributed by atoms with van der Waals surface area (Å²) in [5.41, 5.74) is 1.85. The normalized spacial score (nSPS) is 26.6. The van der Waals surface area contributed by atoms with E-state index in [-0.39, 0.29) is 23.5 Å². The number of hydrogen-bond acceptors (Lipinski definition) is 4. The molecule has 0 unspecified atom stereocenters. The van der Waals surface area contributed by atoms with E-state index in [0.717, 1.165) is 12.0 Å². The first-order valence-electron chi connectivity index (χ1n) is 8.32. The van der Waals surface area contributed by atoms with Crippen LogP contribution in [0.2, 0.25) is 0 Å². The summed E-state index contributed by atoms with van der Waals surface area (Å²) in [6.45, 7) is 7.69. The zero-order valence-corrected chi connectivity index (χ0v) is 14.4. The van der Waals surface area contributed by atoms with Crippen molar-refractivity contribution < 1.29 is 19.1 Å². The van der Waals surface area contributed by atoms with Crippen LogP contribution in [-0.4, -0.2) is 54.7 Å². The lowest BCUT2D eigenvalue weighted by molar-refractivity contribution is -0.136. The Labute approximate surface area is 142 Å². The van der Waals surface area contributed by atoms with E-state index in [2.05, 4.69) is 5.32 Å². The zero-order valence-electron chi connectivity index (χ0n) is 14.4. The second-order valence-corrected chi connectivity index (χ2v) is 6.81. The molecule has 6 heteroatoms. The molecule has 0 aromatic heterocycles. The van der Waals surface area contributed by atoms with E-state index in [1.165, 1.54) is 0 Å². The summed E-state index contributed by atoms with van der Waals surface area (Å²) in [7, 11) is 0. The molecule has 130 valence electrons. The Morgan fingerprint density at radius 3 is 2.79 bits per heavy atom. The van der Waals surface area contributed by atoms with Crippen LogP contribution in [0.25, 0.3) is 0 Å². The average Bonchev–Trinajstić information content (AvgIpc) is 2.93. The summed E-state index contributed by atoms with van der Waals surface area (Å²) in [5.74, 6) is 0.0237. The van der Waals surface area contributed by atoms with Crippen LogP contribution < -0.4 is 5.32 Å². The molecule has 24 heavy (non-hydrogen) atoms. The third-order valence-electron chi connectivity index (χ3n) is 4.62. The number of ether oxygens (including phenoxy) is 2. The molecule has 1 spiro atoms. The molecular formula is C18H24N2O4. The number of morpholine rings is 1. The minimum atomic E-state index is -0.372. The molecule has 2 atom stereocenters. The minimum absolute atomic E-state index is 0.0203. The van der Waals surface area contributed by atoms with Gasteiger partial charge in [0.15, 0.2) is 5.78 Å². The molecule has 2 aliphatic rings. The predicted octanol–water partition coefficient (Wildman–Crippen LogP) is 2.61. The molecule has 0 bridgehead atoms. The van der Waals surface area contributed by atoms with Gasteiger partial charge in [0.05, 0.1) is 19.3 Å². The van der Waals surface area contributed by atoms with Gasteiger partial charge in [0.1, 0.15) is 5.60 Å². The molecule has 6 nitrogen and oxygen atoms in total. The van der Waals surface area contributed by atoms with Crippen LogP contribution >= 0.6 is 0 Å². The van der Waals surface area contributed by atoms with Crippen molar-refractivity contribution in [3.8, 4) is 0 Å². The molecule has 2 saturated heterocycles. The largest absolute Gasteiger partial charge is 0.378 e. The number of aryl methyl sites for hydroxylation is 1. The monoisotopic (exact) mass is 332 g/mol. The van der Waals surface area contributed by atoms with E-state index in [1.807, 2.05) is 19.9 Å². The highest BCUT2D eigenvalue weighted by Gasteiger charge is 2.44. The van der Waals surface area contributed by atoms with Crippen molar-refractivity contribution in [3.63, 3.8) is 0 Å². The molecule has 2 amide bonds. The highest BCUT2D eigenvalue weighted by molar-refractivity contribution is 5.97. The molecule has 0 radical (unpaired) electrons. The number of carbonyl (C=O) groups excluding carboxylic acids is 2. The number of anilines is 1. The van der Waals surface area contributed by atoms with Crippen LogP contribution in [0.15, 0.2) is 18.2 Å². The van der Waals surface area contributed by atoms with E-state index in [1.54, 1.807) is 24.0 Å². The van der Waals surface area contributed by atoms with E-state index in [9.17, 15) is 9.59 Å². The fourth-order valence-corrected chi connectivity index (χ4v) is 3.52. The Bertz CT molecular complexity index is 652. The van der Waals surface area contributed by atoms with Crippen molar-refractivity contribution in [2.45, 2.75) is 38.9 Å². The predicted molar refractivity (Wildman–Crippen MR) is 90.5 cm³/mol. The number of amides is 2.